The molecule has 0 spiro atoms. The highest BCUT2D eigenvalue weighted by atomic mass is 79.9. The summed E-state index contributed by atoms with van der Waals surface area (Å²) in [6.45, 7) is 0. The van der Waals surface area contributed by atoms with Gasteiger partial charge < -0.3 is 0 Å². The van der Waals surface area contributed by atoms with Crippen LogP contribution in [0, 0.1) is 17.1 Å². The van der Waals surface area contributed by atoms with Crippen molar-refractivity contribution in [2.24, 2.45) is 0 Å². The van der Waals surface area contributed by atoms with Crippen LogP contribution in [0.25, 0.3) is 0 Å². The van der Waals surface area contributed by atoms with Gasteiger partial charge in [-0.25, -0.2) is 4.39 Å². The SMILES string of the molecule is N#Cc1c(F)cc(CBr)cc1Br. The Kier molecular flexibility index (Phi) is 3.24. The molecule has 0 saturated carbocycles. The number of benzene rings is 1. The summed E-state index contributed by atoms with van der Waals surface area (Å²) in [4.78, 5) is 0. The van der Waals surface area contributed by atoms with Gasteiger partial charge in [0.25, 0.3) is 0 Å². The van der Waals surface area contributed by atoms with E-state index in [1.165, 1.54) is 6.07 Å². The fourth-order valence-corrected chi connectivity index (χ4v) is 1.71. The van der Waals surface area contributed by atoms with E-state index in [1.54, 1.807) is 12.1 Å². The third kappa shape index (κ3) is 1.85. The van der Waals surface area contributed by atoms with Gasteiger partial charge in [-0.05, 0) is 33.6 Å². The first kappa shape index (κ1) is 9.69. The number of nitriles is 1. The minimum Gasteiger partial charge on any atom is -0.205 e. The van der Waals surface area contributed by atoms with Crippen molar-refractivity contribution < 1.29 is 4.39 Å². The van der Waals surface area contributed by atoms with Crippen LogP contribution in [0.5, 0.6) is 0 Å². The summed E-state index contributed by atoms with van der Waals surface area (Å²) in [6, 6.07) is 4.84. The van der Waals surface area contributed by atoms with E-state index in [-0.39, 0.29) is 5.56 Å². The highest BCUT2D eigenvalue weighted by molar-refractivity contribution is 9.10. The van der Waals surface area contributed by atoms with Crippen molar-refractivity contribution in [3.05, 3.63) is 33.5 Å². The lowest BCUT2D eigenvalue weighted by atomic mass is 10.1. The van der Waals surface area contributed by atoms with Crippen LogP contribution in [0.4, 0.5) is 4.39 Å². The van der Waals surface area contributed by atoms with Gasteiger partial charge in [-0.15, -0.1) is 0 Å². The maximum absolute atomic E-state index is 13.0. The highest BCUT2D eigenvalue weighted by Gasteiger charge is 2.07. The molecule has 1 aromatic rings. The smallest absolute Gasteiger partial charge is 0.142 e. The Balaban J connectivity index is 3.30. The van der Waals surface area contributed by atoms with Gasteiger partial charge in [-0.1, -0.05) is 15.9 Å². The van der Waals surface area contributed by atoms with E-state index in [4.69, 9.17) is 5.26 Å². The summed E-state index contributed by atoms with van der Waals surface area (Å²) in [5.41, 5.74) is 0.859. The predicted molar refractivity (Wildman–Crippen MR) is 51.4 cm³/mol. The van der Waals surface area contributed by atoms with E-state index in [1.807, 2.05) is 0 Å². The second-order valence-corrected chi connectivity index (χ2v) is 3.59. The molecule has 0 amide bonds. The molecule has 1 aromatic carbocycles. The number of hydrogen-bond donors (Lipinski definition) is 0. The third-order valence-electron chi connectivity index (χ3n) is 1.37. The first-order valence-corrected chi connectivity index (χ1v) is 5.04. The van der Waals surface area contributed by atoms with Crippen LogP contribution in [0.15, 0.2) is 16.6 Å². The molecule has 12 heavy (non-hydrogen) atoms. The molecule has 0 bridgehead atoms. The molecule has 0 unspecified atom stereocenters. The quantitative estimate of drug-likeness (QED) is 0.728. The average Bonchev–Trinajstić information content (AvgIpc) is 2.03. The topological polar surface area (TPSA) is 23.8 Å². The number of halogens is 3. The minimum absolute atomic E-state index is 0.0553. The summed E-state index contributed by atoms with van der Waals surface area (Å²) in [7, 11) is 0. The van der Waals surface area contributed by atoms with Gasteiger partial charge in [0.2, 0.25) is 0 Å². The predicted octanol–water partition coefficient (Wildman–Crippen LogP) is 3.35. The Morgan fingerprint density at radius 1 is 1.50 bits per heavy atom. The van der Waals surface area contributed by atoms with Crippen LogP contribution in [0.1, 0.15) is 11.1 Å². The molecule has 0 aliphatic carbocycles. The van der Waals surface area contributed by atoms with Crippen molar-refractivity contribution in [2.75, 3.05) is 0 Å². The van der Waals surface area contributed by atoms with Gasteiger partial charge in [0.15, 0.2) is 0 Å². The number of rotatable bonds is 1. The normalized spacial score (nSPS) is 9.50. The molecule has 0 fully saturated rings. The van der Waals surface area contributed by atoms with Gasteiger partial charge in [-0.2, -0.15) is 5.26 Å². The Labute approximate surface area is 86.5 Å². The molecule has 0 N–H and O–H groups in total. The van der Waals surface area contributed by atoms with Crippen molar-refractivity contribution in [1.29, 1.82) is 5.26 Å². The van der Waals surface area contributed by atoms with E-state index in [0.717, 1.165) is 5.56 Å². The molecule has 0 aromatic heterocycles. The first-order valence-electron chi connectivity index (χ1n) is 3.13. The number of alkyl halides is 1. The van der Waals surface area contributed by atoms with Crippen LogP contribution in [-0.2, 0) is 5.33 Å². The van der Waals surface area contributed by atoms with E-state index in [9.17, 15) is 4.39 Å². The zero-order chi connectivity index (χ0) is 9.14. The van der Waals surface area contributed by atoms with Gasteiger partial charge in [0, 0.05) is 9.80 Å². The molecule has 0 aliphatic rings. The van der Waals surface area contributed by atoms with Crippen LogP contribution in [0.2, 0.25) is 0 Å². The zero-order valence-electron chi connectivity index (χ0n) is 5.94. The maximum atomic E-state index is 13.0. The largest absolute Gasteiger partial charge is 0.205 e. The standard InChI is InChI=1S/C8H4Br2FN/c9-3-5-1-7(10)6(4-12)8(11)2-5/h1-2H,3H2. The minimum atomic E-state index is -0.485. The number of nitrogens with zero attached hydrogens (tertiary/aromatic N) is 1. The van der Waals surface area contributed by atoms with Crippen molar-refractivity contribution in [3.8, 4) is 6.07 Å². The summed E-state index contributed by atoms with van der Waals surface area (Å²) in [5, 5.41) is 9.11. The Bertz CT molecular complexity index is 320. The molecule has 1 nitrogen and oxygen atoms in total. The maximum Gasteiger partial charge on any atom is 0.142 e. The lowest BCUT2D eigenvalue weighted by Crippen LogP contribution is -1.88. The fraction of sp³-hybridized carbons (Fsp3) is 0.125. The Morgan fingerprint density at radius 3 is 2.58 bits per heavy atom. The zero-order valence-corrected chi connectivity index (χ0v) is 9.11. The second kappa shape index (κ2) is 4.01. The fourth-order valence-electron chi connectivity index (χ4n) is 0.810. The van der Waals surface area contributed by atoms with E-state index >= 15 is 0 Å². The summed E-state index contributed by atoms with van der Waals surface area (Å²) < 4.78 is 13.5. The molecular weight excluding hydrogens is 289 g/mol. The monoisotopic (exact) mass is 291 g/mol. The van der Waals surface area contributed by atoms with Crippen LogP contribution in [0.3, 0.4) is 0 Å². The van der Waals surface area contributed by atoms with E-state index in [2.05, 4.69) is 31.9 Å². The van der Waals surface area contributed by atoms with Gasteiger partial charge in [-0.3, -0.25) is 0 Å². The molecule has 0 heterocycles. The van der Waals surface area contributed by atoms with E-state index in [0.29, 0.717) is 9.80 Å². The van der Waals surface area contributed by atoms with E-state index < -0.39 is 5.82 Å². The third-order valence-corrected chi connectivity index (χ3v) is 2.64. The number of hydrogen-bond acceptors (Lipinski definition) is 1. The molecule has 4 heteroatoms. The summed E-state index contributed by atoms with van der Waals surface area (Å²) >= 11 is 6.32. The molecule has 0 saturated heterocycles. The highest BCUT2D eigenvalue weighted by Crippen LogP contribution is 2.22. The summed E-state index contributed by atoms with van der Waals surface area (Å²) in [5.74, 6) is -0.485. The molecule has 0 atom stereocenters. The van der Waals surface area contributed by atoms with Crippen LogP contribution in [-0.4, -0.2) is 0 Å². The lowest BCUT2D eigenvalue weighted by molar-refractivity contribution is 0.621. The van der Waals surface area contributed by atoms with Gasteiger partial charge in [0.1, 0.15) is 17.4 Å². The Hall–Kier alpha value is -0.400. The van der Waals surface area contributed by atoms with Crippen LogP contribution >= 0.6 is 31.9 Å². The second-order valence-electron chi connectivity index (χ2n) is 2.18. The van der Waals surface area contributed by atoms with Crippen molar-refractivity contribution >= 4 is 31.9 Å². The first-order chi connectivity index (χ1) is 5.69. The molecular formula is C8H4Br2FN. The van der Waals surface area contributed by atoms with Crippen LogP contribution < -0.4 is 0 Å². The van der Waals surface area contributed by atoms with Crippen molar-refractivity contribution in [2.45, 2.75) is 5.33 Å². The average molecular weight is 293 g/mol. The Morgan fingerprint density at radius 2 is 2.17 bits per heavy atom. The molecule has 62 valence electrons. The van der Waals surface area contributed by atoms with Gasteiger partial charge >= 0.3 is 0 Å². The van der Waals surface area contributed by atoms with Crippen molar-refractivity contribution in [3.63, 3.8) is 0 Å². The lowest BCUT2D eigenvalue weighted by Gasteiger charge is -2.00. The molecule has 0 radical (unpaired) electrons. The van der Waals surface area contributed by atoms with Gasteiger partial charge in [0.05, 0.1) is 0 Å². The van der Waals surface area contributed by atoms with Crippen molar-refractivity contribution in [1.82, 2.24) is 0 Å². The molecule has 0 aliphatic heterocycles. The molecule has 1 rings (SSSR count). The summed E-state index contributed by atoms with van der Waals surface area (Å²) in [6.07, 6.45) is 0.